The van der Waals surface area contributed by atoms with Crippen molar-refractivity contribution in [1.82, 2.24) is 30.2 Å². The van der Waals surface area contributed by atoms with Crippen molar-refractivity contribution in [1.29, 1.82) is 0 Å². The molecule has 1 unspecified atom stereocenters. The molecule has 0 N–H and O–H groups in total. The molecule has 1 atom stereocenters. The van der Waals surface area contributed by atoms with Gasteiger partial charge in [-0.15, -0.1) is 5.10 Å². The van der Waals surface area contributed by atoms with Crippen LogP contribution >= 0.6 is 0 Å². The largest absolute Gasteiger partial charge is 0.328 e. The number of carbonyl (C=O) groups is 1. The predicted molar refractivity (Wildman–Crippen MR) is 83.4 cm³/mol. The van der Waals surface area contributed by atoms with E-state index in [4.69, 9.17) is 4.63 Å². The first-order valence-electron chi connectivity index (χ1n) is 7.82. The number of para-hydroxylation sites is 1. The fourth-order valence-electron chi connectivity index (χ4n) is 3.05. The van der Waals surface area contributed by atoms with Gasteiger partial charge in [0.25, 0.3) is 5.91 Å². The van der Waals surface area contributed by atoms with Gasteiger partial charge < -0.3 is 4.90 Å². The van der Waals surface area contributed by atoms with Crippen LogP contribution in [0.5, 0.6) is 0 Å². The van der Waals surface area contributed by atoms with Crippen LogP contribution in [0.1, 0.15) is 40.8 Å². The van der Waals surface area contributed by atoms with Gasteiger partial charge in [0.1, 0.15) is 11.4 Å². The second-order valence-electron chi connectivity index (χ2n) is 5.78. The monoisotopic (exact) mass is 324 g/mol. The van der Waals surface area contributed by atoms with Crippen LogP contribution in [-0.4, -0.2) is 42.7 Å². The predicted octanol–water partition coefficient (Wildman–Crippen LogP) is 1.94. The number of hydrogen-bond donors (Lipinski definition) is 0. The molecule has 0 radical (unpaired) electrons. The summed E-state index contributed by atoms with van der Waals surface area (Å²) in [6.07, 6.45) is 3.41. The maximum absolute atomic E-state index is 12.8. The van der Waals surface area contributed by atoms with E-state index in [1.807, 2.05) is 37.3 Å². The van der Waals surface area contributed by atoms with E-state index >= 15 is 0 Å². The molecule has 122 valence electrons. The van der Waals surface area contributed by atoms with Crippen LogP contribution in [0.2, 0.25) is 0 Å². The molecule has 3 heterocycles. The number of carbonyl (C=O) groups excluding carboxylic acids is 1. The number of amides is 1. The number of hydrogen-bond acceptors (Lipinski definition) is 6. The third-order valence-electron chi connectivity index (χ3n) is 4.25. The molecule has 0 bridgehead atoms. The number of benzene rings is 1. The van der Waals surface area contributed by atoms with Crippen LogP contribution in [0.15, 0.2) is 41.2 Å². The number of likely N-dealkylation sites (tertiary alicyclic amines) is 1. The van der Waals surface area contributed by atoms with Gasteiger partial charge in [-0.05, 0) is 31.9 Å². The molecule has 1 aromatic carbocycles. The molecule has 1 aliphatic rings. The maximum atomic E-state index is 12.8. The Balaban J connectivity index is 1.60. The van der Waals surface area contributed by atoms with Crippen LogP contribution in [0.4, 0.5) is 0 Å². The second-order valence-corrected chi connectivity index (χ2v) is 5.78. The van der Waals surface area contributed by atoms with Gasteiger partial charge in [-0.1, -0.05) is 33.7 Å². The summed E-state index contributed by atoms with van der Waals surface area (Å²) in [6, 6.07) is 9.45. The summed E-state index contributed by atoms with van der Waals surface area (Å²) in [7, 11) is 0. The first-order valence-corrected chi connectivity index (χ1v) is 7.82. The Kier molecular flexibility index (Phi) is 3.56. The van der Waals surface area contributed by atoms with Gasteiger partial charge in [-0.3, -0.25) is 4.79 Å². The van der Waals surface area contributed by atoms with E-state index in [0.717, 1.165) is 24.2 Å². The SMILES string of the molecule is Cc1nonc1C1CCCN1C(=O)c1cn(-c2ccccc2)nn1. The van der Waals surface area contributed by atoms with Crippen molar-refractivity contribution in [2.45, 2.75) is 25.8 Å². The summed E-state index contributed by atoms with van der Waals surface area (Å²) in [5.74, 6) is -0.151. The van der Waals surface area contributed by atoms with Crippen molar-refractivity contribution in [3.8, 4) is 5.69 Å². The summed E-state index contributed by atoms with van der Waals surface area (Å²) in [5, 5.41) is 15.9. The highest BCUT2D eigenvalue weighted by Gasteiger charge is 2.35. The van der Waals surface area contributed by atoms with E-state index in [-0.39, 0.29) is 11.9 Å². The minimum atomic E-state index is -0.151. The van der Waals surface area contributed by atoms with Crippen molar-refractivity contribution in [2.24, 2.45) is 0 Å². The van der Waals surface area contributed by atoms with E-state index in [0.29, 0.717) is 17.9 Å². The van der Waals surface area contributed by atoms with Gasteiger partial charge >= 0.3 is 0 Å². The molecule has 24 heavy (non-hydrogen) atoms. The number of aryl methyl sites for hydroxylation is 1. The Morgan fingerprint density at radius 1 is 1.25 bits per heavy atom. The lowest BCUT2D eigenvalue weighted by molar-refractivity contribution is 0.0724. The Hall–Kier alpha value is -3.03. The average molecular weight is 324 g/mol. The molecule has 1 fully saturated rings. The van der Waals surface area contributed by atoms with E-state index in [9.17, 15) is 4.79 Å². The van der Waals surface area contributed by atoms with Crippen LogP contribution in [-0.2, 0) is 0 Å². The van der Waals surface area contributed by atoms with Gasteiger partial charge in [-0.25, -0.2) is 9.31 Å². The summed E-state index contributed by atoms with van der Waals surface area (Å²) in [4.78, 5) is 14.6. The molecule has 0 spiro atoms. The van der Waals surface area contributed by atoms with E-state index in [2.05, 4.69) is 20.6 Å². The molecular weight excluding hydrogens is 308 g/mol. The number of nitrogens with zero attached hydrogens (tertiary/aromatic N) is 6. The van der Waals surface area contributed by atoms with Crippen molar-refractivity contribution >= 4 is 5.91 Å². The fraction of sp³-hybridized carbons (Fsp3) is 0.312. The number of aromatic nitrogens is 5. The third-order valence-corrected chi connectivity index (χ3v) is 4.25. The standard InChI is InChI=1S/C16H16N6O2/c1-11-15(19-24-18-11)14-8-5-9-21(14)16(23)13-10-22(20-17-13)12-6-3-2-4-7-12/h2-4,6-7,10,14H,5,8-9H2,1H3. The van der Waals surface area contributed by atoms with Crippen molar-refractivity contribution in [3.63, 3.8) is 0 Å². The van der Waals surface area contributed by atoms with Gasteiger partial charge in [0.05, 0.1) is 17.9 Å². The summed E-state index contributed by atoms with van der Waals surface area (Å²) in [5.41, 5.74) is 2.61. The quantitative estimate of drug-likeness (QED) is 0.731. The molecular formula is C16H16N6O2. The van der Waals surface area contributed by atoms with Crippen molar-refractivity contribution in [2.75, 3.05) is 6.54 Å². The zero-order chi connectivity index (χ0) is 16.5. The normalized spacial score (nSPS) is 17.4. The molecule has 0 saturated carbocycles. The Morgan fingerprint density at radius 2 is 2.08 bits per heavy atom. The molecule has 0 aliphatic carbocycles. The van der Waals surface area contributed by atoms with Crippen LogP contribution in [0.25, 0.3) is 5.69 Å². The number of rotatable bonds is 3. The Bertz CT molecular complexity index is 856. The molecule has 1 amide bonds. The molecule has 2 aromatic heterocycles. The van der Waals surface area contributed by atoms with E-state index in [1.165, 1.54) is 0 Å². The molecule has 8 nitrogen and oxygen atoms in total. The van der Waals surface area contributed by atoms with E-state index in [1.54, 1.807) is 15.8 Å². The molecule has 4 rings (SSSR count). The Morgan fingerprint density at radius 3 is 2.83 bits per heavy atom. The Labute approximate surface area is 138 Å². The van der Waals surface area contributed by atoms with E-state index < -0.39 is 0 Å². The zero-order valence-corrected chi connectivity index (χ0v) is 13.2. The average Bonchev–Trinajstić information content (AvgIpc) is 3.35. The maximum Gasteiger partial charge on any atom is 0.276 e. The minimum absolute atomic E-state index is 0.120. The lowest BCUT2D eigenvalue weighted by atomic mass is 10.1. The highest BCUT2D eigenvalue weighted by molar-refractivity contribution is 5.92. The van der Waals surface area contributed by atoms with Gasteiger partial charge in [0.15, 0.2) is 5.69 Å². The third kappa shape index (κ3) is 2.45. The lowest BCUT2D eigenvalue weighted by Crippen LogP contribution is -2.31. The van der Waals surface area contributed by atoms with Crippen LogP contribution in [0.3, 0.4) is 0 Å². The van der Waals surface area contributed by atoms with Crippen LogP contribution < -0.4 is 0 Å². The van der Waals surface area contributed by atoms with Crippen molar-refractivity contribution < 1.29 is 9.42 Å². The second kappa shape index (κ2) is 5.88. The summed E-state index contributed by atoms with van der Waals surface area (Å²) < 4.78 is 6.38. The van der Waals surface area contributed by atoms with Gasteiger partial charge in [-0.2, -0.15) is 0 Å². The molecule has 1 aliphatic heterocycles. The first kappa shape index (κ1) is 14.6. The topological polar surface area (TPSA) is 89.9 Å². The molecule has 8 heteroatoms. The summed E-state index contributed by atoms with van der Waals surface area (Å²) in [6.45, 7) is 2.49. The smallest absolute Gasteiger partial charge is 0.276 e. The zero-order valence-electron chi connectivity index (χ0n) is 13.2. The minimum Gasteiger partial charge on any atom is -0.328 e. The summed E-state index contributed by atoms with van der Waals surface area (Å²) >= 11 is 0. The van der Waals surface area contributed by atoms with Crippen LogP contribution in [0, 0.1) is 6.92 Å². The highest BCUT2D eigenvalue weighted by atomic mass is 16.6. The lowest BCUT2D eigenvalue weighted by Gasteiger charge is -2.21. The molecule has 3 aromatic rings. The fourth-order valence-corrected chi connectivity index (χ4v) is 3.05. The van der Waals surface area contributed by atoms with Crippen molar-refractivity contribution in [3.05, 3.63) is 53.6 Å². The van der Waals surface area contributed by atoms with Gasteiger partial charge in [0, 0.05) is 6.54 Å². The highest BCUT2D eigenvalue weighted by Crippen LogP contribution is 2.33. The van der Waals surface area contributed by atoms with Gasteiger partial charge in [0.2, 0.25) is 0 Å². The molecule has 1 saturated heterocycles. The first-order chi connectivity index (χ1) is 11.7.